The Morgan fingerprint density at radius 2 is 2.18 bits per heavy atom. The zero-order valence-corrected chi connectivity index (χ0v) is 8.82. The number of hydrogen-bond acceptors (Lipinski definition) is 3. The van der Waals surface area contributed by atoms with Gasteiger partial charge in [0.1, 0.15) is 11.3 Å². The average Bonchev–Trinajstić information content (AvgIpc) is 2.55. The Kier molecular flexibility index (Phi) is 2.60. The molecule has 0 fully saturated rings. The van der Waals surface area contributed by atoms with Crippen molar-refractivity contribution < 1.29 is 18.0 Å². The molecule has 0 saturated carbocycles. The molecular formula is C10H8F3N3O. The minimum absolute atomic E-state index is 0.0565. The number of Topliss-reactive ketones (excluding diaryl/α,β-unsaturated/α-hetero) is 1. The zero-order chi connectivity index (χ0) is 12.6. The lowest BCUT2D eigenvalue weighted by Crippen LogP contribution is -2.25. The van der Waals surface area contributed by atoms with Gasteiger partial charge in [0.2, 0.25) is 5.78 Å². The van der Waals surface area contributed by atoms with Gasteiger partial charge in [0, 0.05) is 13.2 Å². The first kappa shape index (κ1) is 11.6. The van der Waals surface area contributed by atoms with Crippen LogP contribution in [-0.4, -0.2) is 26.5 Å². The molecule has 0 atom stereocenters. The van der Waals surface area contributed by atoms with E-state index in [1.54, 1.807) is 12.1 Å². The van der Waals surface area contributed by atoms with Crippen LogP contribution in [-0.2, 0) is 18.3 Å². The molecule has 0 spiro atoms. The van der Waals surface area contributed by atoms with Gasteiger partial charge in [-0.25, -0.2) is 9.97 Å². The van der Waals surface area contributed by atoms with Gasteiger partial charge in [-0.2, -0.15) is 13.2 Å². The average molecular weight is 243 g/mol. The van der Waals surface area contributed by atoms with E-state index in [0.717, 1.165) is 0 Å². The summed E-state index contributed by atoms with van der Waals surface area (Å²) < 4.78 is 37.7. The van der Waals surface area contributed by atoms with Crippen LogP contribution < -0.4 is 0 Å². The number of fused-ring (bicyclic) bond motifs is 1. The van der Waals surface area contributed by atoms with Crippen LogP contribution in [0.4, 0.5) is 13.2 Å². The Hall–Kier alpha value is -1.92. The standard InChI is InChI=1S/C10H8F3N3O/c1-16-8(5-7(17)10(11,12)13)15-6-3-2-4-14-9(6)16/h2-4H,5H2,1H3. The molecule has 17 heavy (non-hydrogen) atoms. The molecule has 0 aliphatic rings. The van der Waals surface area contributed by atoms with E-state index in [9.17, 15) is 18.0 Å². The van der Waals surface area contributed by atoms with Crippen molar-refractivity contribution in [2.24, 2.45) is 7.05 Å². The molecule has 0 aliphatic heterocycles. The molecule has 2 heterocycles. The largest absolute Gasteiger partial charge is 0.450 e. The Morgan fingerprint density at radius 3 is 2.76 bits per heavy atom. The molecule has 2 rings (SSSR count). The van der Waals surface area contributed by atoms with E-state index in [-0.39, 0.29) is 5.82 Å². The SMILES string of the molecule is Cn1c(CC(=O)C(F)(F)F)nc2cccnc21. The van der Waals surface area contributed by atoms with Crippen molar-refractivity contribution in [2.75, 3.05) is 0 Å². The van der Waals surface area contributed by atoms with E-state index in [2.05, 4.69) is 9.97 Å². The van der Waals surface area contributed by atoms with Crippen molar-refractivity contribution in [2.45, 2.75) is 12.6 Å². The molecule has 2 aromatic rings. The number of halogens is 3. The molecule has 4 nitrogen and oxygen atoms in total. The molecular weight excluding hydrogens is 235 g/mol. The third kappa shape index (κ3) is 2.13. The number of ketones is 1. The summed E-state index contributed by atoms with van der Waals surface area (Å²) in [6.07, 6.45) is -4.08. The van der Waals surface area contributed by atoms with Crippen LogP contribution in [0, 0.1) is 0 Å². The lowest BCUT2D eigenvalue weighted by Gasteiger charge is -2.04. The highest BCUT2D eigenvalue weighted by Crippen LogP contribution is 2.19. The van der Waals surface area contributed by atoms with Gasteiger partial charge in [-0.05, 0) is 12.1 Å². The molecule has 7 heteroatoms. The lowest BCUT2D eigenvalue weighted by atomic mass is 10.2. The molecule has 0 saturated heterocycles. The summed E-state index contributed by atoms with van der Waals surface area (Å²) in [5.74, 6) is -1.75. The fourth-order valence-corrected chi connectivity index (χ4v) is 1.47. The number of pyridine rings is 1. The van der Waals surface area contributed by atoms with Gasteiger partial charge in [0.15, 0.2) is 5.65 Å². The molecule has 0 aliphatic carbocycles. The Balaban J connectivity index is 2.37. The smallest absolute Gasteiger partial charge is 0.315 e. The summed E-state index contributed by atoms with van der Waals surface area (Å²) in [7, 11) is 1.53. The molecule has 0 unspecified atom stereocenters. The van der Waals surface area contributed by atoms with E-state index in [1.165, 1.54) is 17.8 Å². The van der Waals surface area contributed by atoms with E-state index in [1.807, 2.05) is 0 Å². The molecule has 0 N–H and O–H groups in total. The second-order valence-electron chi connectivity index (χ2n) is 3.53. The van der Waals surface area contributed by atoms with Crippen LogP contribution in [0.3, 0.4) is 0 Å². The summed E-state index contributed by atoms with van der Waals surface area (Å²) in [6, 6.07) is 3.26. The Morgan fingerprint density at radius 1 is 1.47 bits per heavy atom. The number of hydrogen-bond donors (Lipinski definition) is 0. The molecule has 0 aromatic carbocycles. The van der Waals surface area contributed by atoms with Gasteiger partial charge in [0.05, 0.1) is 6.42 Å². The fourth-order valence-electron chi connectivity index (χ4n) is 1.47. The monoisotopic (exact) mass is 243 g/mol. The van der Waals surface area contributed by atoms with Gasteiger partial charge < -0.3 is 4.57 Å². The van der Waals surface area contributed by atoms with E-state index in [0.29, 0.717) is 11.2 Å². The molecule has 0 bridgehead atoms. The Bertz CT molecular complexity index is 574. The van der Waals surface area contributed by atoms with Gasteiger partial charge in [-0.15, -0.1) is 0 Å². The molecule has 0 amide bonds. The molecule has 90 valence electrons. The minimum Gasteiger partial charge on any atom is -0.315 e. The quantitative estimate of drug-likeness (QED) is 0.805. The van der Waals surface area contributed by atoms with Gasteiger partial charge in [0.25, 0.3) is 0 Å². The highest BCUT2D eigenvalue weighted by molar-refractivity contribution is 5.86. The normalized spacial score (nSPS) is 12.0. The number of carbonyl (C=O) groups is 1. The van der Waals surface area contributed by atoms with Crippen molar-refractivity contribution in [3.8, 4) is 0 Å². The topological polar surface area (TPSA) is 47.8 Å². The first-order valence-electron chi connectivity index (χ1n) is 4.76. The molecule has 0 radical (unpaired) electrons. The van der Waals surface area contributed by atoms with Crippen LogP contribution in [0.1, 0.15) is 5.82 Å². The van der Waals surface area contributed by atoms with Crippen LogP contribution in [0.25, 0.3) is 11.2 Å². The van der Waals surface area contributed by atoms with Crippen LogP contribution in [0.15, 0.2) is 18.3 Å². The highest BCUT2D eigenvalue weighted by Gasteiger charge is 2.38. The van der Waals surface area contributed by atoms with Crippen LogP contribution >= 0.6 is 0 Å². The number of alkyl halides is 3. The number of aromatic nitrogens is 3. The number of aryl methyl sites for hydroxylation is 1. The number of nitrogens with zero attached hydrogens (tertiary/aromatic N) is 3. The summed E-state index contributed by atoms with van der Waals surface area (Å²) in [4.78, 5) is 18.8. The third-order valence-corrected chi connectivity index (χ3v) is 2.36. The number of carbonyl (C=O) groups excluding carboxylic acids is 1. The summed E-state index contributed by atoms with van der Waals surface area (Å²) in [6.45, 7) is 0. The maximum Gasteiger partial charge on any atom is 0.450 e. The fraction of sp³-hybridized carbons (Fsp3) is 0.300. The number of rotatable bonds is 2. The number of imidazole rings is 1. The predicted octanol–water partition coefficient (Wildman–Crippen LogP) is 1.64. The predicted molar refractivity (Wildman–Crippen MR) is 53.3 cm³/mol. The summed E-state index contributed by atoms with van der Waals surface area (Å²) in [5, 5.41) is 0. The van der Waals surface area contributed by atoms with E-state index in [4.69, 9.17) is 0 Å². The van der Waals surface area contributed by atoms with Crippen molar-refractivity contribution >= 4 is 16.9 Å². The minimum atomic E-state index is -4.83. The van der Waals surface area contributed by atoms with Gasteiger partial charge in [-0.3, -0.25) is 4.79 Å². The van der Waals surface area contributed by atoms with Crippen molar-refractivity contribution in [1.82, 2.24) is 14.5 Å². The van der Waals surface area contributed by atoms with Crippen molar-refractivity contribution in [3.05, 3.63) is 24.2 Å². The summed E-state index contributed by atoms with van der Waals surface area (Å²) >= 11 is 0. The highest BCUT2D eigenvalue weighted by atomic mass is 19.4. The first-order valence-corrected chi connectivity index (χ1v) is 4.76. The Labute approximate surface area is 94.1 Å². The first-order chi connectivity index (χ1) is 7.89. The maximum atomic E-state index is 12.1. The van der Waals surface area contributed by atoms with Crippen LogP contribution in [0.5, 0.6) is 0 Å². The zero-order valence-electron chi connectivity index (χ0n) is 8.82. The maximum absolute atomic E-state index is 12.1. The lowest BCUT2D eigenvalue weighted by molar-refractivity contribution is -0.170. The molecule has 2 aromatic heterocycles. The van der Waals surface area contributed by atoms with Crippen molar-refractivity contribution in [3.63, 3.8) is 0 Å². The van der Waals surface area contributed by atoms with Gasteiger partial charge in [-0.1, -0.05) is 0 Å². The van der Waals surface area contributed by atoms with Gasteiger partial charge >= 0.3 is 6.18 Å². The van der Waals surface area contributed by atoms with E-state index >= 15 is 0 Å². The third-order valence-electron chi connectivity index (χ3n) is 2.36. The van der Waals surface area contributed by atoms with Crippen molar-refractivity contribution in [1.29, 1.82) is 0 Å². The summed E-state index contributed by atoms with van der Waals surface area (Å²) in [5.41, 5.74) is 0.928. The van der Waals surface area contributed by atoms with Crippen LogP contribution in [0.2, 0.25) is 0 Å². The van der Waals surface area contributed by atoms with E-state index < -0.39 is 18.4 Å². The second-order valence-corrected chi connectivity index (χ2v) is 3.53. The second kappa shape index (κ2) is 3.83.